The maximum absolute atomic E-state index is 8.94. The summed E-state index contributed by atoms with van der Waals surface area (Å²) in [5.41, 5.74) is 2.22. The predicted molar refractivity (Wildman–Crippen MR) is 68.0 cm³/mol. The van der Waals surface area contributed by atoms with E-state index in [0.717, 1.165) is 11.5 Å². The van der Waals surface area contributed by atoms with Crippen molar-refractivity contribution in [2.75, 3.05) is 0 Å². The molecule has 0 radical (unpaired) electrons. The summed E-state index contributed by atoms with van der Waals surface area (Å²) in [4.78, 5) is 0. The highest BCUT2D eigenvalue weighted by atomic mass is 16.3. The van der Waals surface area contributed by atoms with E-state index >= 15 is 0 Å². The minimum absolute atomic E-state index is 0.132. The standard InChI is InChI=1S/C15H20O/c16-12-15-10-8-14(9-11-15)7-6-13-4-2-1-3-5-13/h6-11,13,16H,1-5,12H2/b7-6+. The van der Waals surface area contributed by atoms with Gasteiger partial charge < -0.3 is 5.11 Å². The van der Waals surface area contributed by atoms with Crippen molar-refractivity contribution in [2.24, 2.45) is 5.92 Å². The lowest BCUT2D eigenvalue weighted by molar-refractivity contribution is 0.282. The van der Waals surface area contributed by atoms with Crippen LogP contribution in [0.4, 0.5) is 0 Å². The molecule has 86 valence electrons. The summed E-state index contributed by atoms with van der Waals surface area (Å²) in [6, 6.07) is 8.12. The van der Waals surface area contributed by atoms with E-state index in [1.165, 1.54) is 37.7 Å². The zero-order valence-electron chi connectivity index (χ0n) is 9.73. The first-order chi connectivity index (χ1) is 7.88. The molecule has 1 nitrogen and oxygen atoms in total. The predicted octanol–water partition coefficient (Wildman–Crippen LogP) is 3.77. The average Bonchev–Trinajstić information content (AvgIpc) is 2.38. The van der Waals surface area contributed by atoms with Gasteiger partial charge in [-0.25, -0.2) is 0 Å². The summed E-state index contributed by atoms with van der Waals surface area (Å²) in [6.07, 6.45) is 11.5. The van der Waals surface area contributed by atoms with Gasteiger partial charge in [-0.05, 0) is 29.9 Å². The fraction of sp³-hybridized carbons (Fsp3) is 0.467. The second-order valence-electron chi connectivity index (χ2n) is 4.66. The molecule has 1 aliphatic carbocycles. The van der Waals surface area contributed by atoms with E-state index in [0.29, 0.717) is 0 Å². The Morgan fingerprint density at radius 1 is 1.06 bits per heavy atom. The summed E-state index contributed by atoms with van der Waals surface area (Å²) in [5, 5.41) is 8.94. The molecule has 2 rings (SSSR count). The van der Waals surface area contributed by atoms with Crippen LogP contribution in [0.1, 0.15) is 43.2 Å². The number of hydrogen-bond donors (Lipinski definition) is 1. The van der Waals surface area contributed by atoms with E-state index in [1.807, 2.05) is 12.1 Å². The summed E-state index contributed by atoms with van der Waals surface area (Å²) in [5.74, 6) is 0.784. The second kappa shape index (κ2) is 5.86. The van der Waals surface area contributed by atoms with E-state index in [2.05, 4.69) is 24.3 Å². The van der Waals surface area contributed by atoms with Gasteiger partial charge in [-0.3, -0.25) is 0 Å². The highest BCUT2D eigenvalue weighted by molar-refractivity contribution is 5.49. The van der Waals surface area contributed by atoms with Gasteiger partial charge in [-0.15, -0.1) is 0 Å². The molecule has 1 aliphatic rings. The molecule has 1 heteroatoms. The SMILES string of the molecule is OCc1ccc(/C=C/C2CCCCC2)cc1. The third kappa shape index (κ3) is 3.21. The Hall–Kier alpha value is -1.08. The Kier molecular flexibility index (Phi) is 4.17. The van der Waals surface area contributed by atoms with Crippen LogP contribution < -0.4 is 0 Å². The Balaban J connectivity index is 1.94. The van der Waals surface area contributed by atoms with Gasteiger partial charge in [0.1, 0.15) is 0 Å². The van der Waals surface area contributed by atoms with Crippen LogP contribution in [0.2, 0.25) is 0 Å². The fourth-order valence-electron chi connectivity index (χ4n) is 2.31. The van der Waals surface area contributed by atoms with Gasteiger partial charge in [-0.1, -0.05) is 55.7 Å². The van der Waals surface area contributed by atoms with Crippen molar-refractivity contribution in [3.05, 3.63) is 41.5 Å². The fourth-order valence-corrected chi connectivity index (χ4v) is 2.31. The van der Waals surface area contributed by atoms with Crippen LogP contribution >= 0.6 is 0 Å². The normalized spacial score (nSPS) is 18.1. The summed E-state index contributed by atoms with van der Waals surface area (Å²) in [6.45, 7) is 0.132. The van der Waals surface area contributed by atoms with Gasteiger partial charge >= 0.3 is 0 Å². The van der Waals surface area contributed by atoms with E-state index in [9.17, 15) is 0 Å². The molecule has 1 aromatic rings. The van der Waals surface area contributed by atoms with E-state index in [1.54, 1.807) is 0 Å². The number of rotatable bonds is 3. The number of allylic oxidation sites excluding steroid dienone is 1. The van der Waals surface area contributed by atoms with Crippen LogP contribution in [0.15, 0.2) is 30.3 Å². The molecule has 0 bridgehead atoms. The molecule has 0 unspecified atom stereocenters. The quantitative estimate of drug-likeness (QED) is 0.815. The first kappa shape index (κ1) is 11.4. The van der Waals surface area contributed by atoms with Crippen LogP contribution in [-0.2, 0) is 6.61 Å². The summed E-state index contributed by atoms with van der Waals surface area (Å²) in [7, 11) is 0. The molecule has 0 aliphatic heterocycles. The summed E-state index contributed by atoms with van der Waals surface area (Å²) >= 11 is 0. The van der Waals surface area contributed by atoms with Gasteiger partial charge in [0.25, 0.3) is 0 Å². The van der Waals surface area contributed by atoms with Crippen molar-refractivity contribution < 1.29 is 5.11 Å². The van der Waals surface area contributed by atoms with Gasteiger partial charge in [0.2, 0.25) is 0 Å². The Bertz CT molecular complexity index is 331. The van der Waals surface area contributed by atoms with Crippen molar-refractivity contribution in [1.82, 2.24) is 0 Å². The third-order valence-corrected chi connectivity index (χ3v) is 3.37. The lowest BCUT2D eigenvalue weighted by atomic mass is 9.89. The minimum Gasteiger partial charge on any atom is -0.392 e. The molecule has 1 fully saturated rings. The molecule has 0 amide bonds. The van der Waals surface area contributed by atoms with Crippen molar-refractivity contribution in [3.8, 4) is 0 Å². The smallest absolute Gasteiger partial charge is 0.0681 e. The minimum atomic E-state index is 0.132. The molecule has 0 atom stereocenters. The van der Waals surface area contributed by atoms with Crippen molar-refractivity contribution >= 4 is 6.08 Å². The van der Waals surface area contributed by atoms with Gasteiger partial charge in [0.15, 0.2) is 0 Å². The number of aliphatic hydroxyl groups excluding tert-OH is 1. The van der Waals surface area contributed by atoms with E-state index in [-0.39, 0.29) is 6.61 Å². The van der Waals surface area contributed by atoms with Gasteiger partial charge in [-0.2, -0.15) is 0 Å². The van der Waals surface area contributed by atoms with Crippen LogP contribution in [0.25, 0.3) is 6.08 Å². The number of aliphatic hydroxyl groups is 1. The Morgan fingerprint density at radius 2 is 1.75 bits per heavy atom. The molecule has 1 saturated carbocycles. The Morgan fingerprint density at radius 3 is 2.38 bits per heavy atom. The number of benzene rings is 1. The lowest BCUT2D eigenvalue weighted by Gasteiger charge is -2.17. The van der Waals surface area contributed by atoms with Crippen molar-refractivity contribution in [3.63, 3.8) is 0 Å². The number of hydrogen-bond acceptors (Lipinski definition) is 1. The average molecular weight is 216 g/mol. The molecular weight excluding hydrogens is 196 g/mol. The van der Waals surface area contributed by atoms with Gasteiger partial charge in [0.05, 0.1) is 6.61 Å². The third-order valence-electron chi connectivity index (χ3n) is 3.37. The van der Waals surface area contributed by atoms with Crippen LogP contribution in [0.3, 0.4) is 0 Å². The first-order valence-electron chi connectivity index (χ1n) is 6.26. The molecule has 1 aromatic carbocycles. The second-order valence-corrected chi connectivity index (χ2v) is 4.66. The molecule has 0 saturated heterocycles. The zero-order valence-corrected chi connectivity index (χ0v) is 9.73. The highest BCUT2D eigenvalue weighted by Gasteiger charge is 2.09. The van der Waals surface area contributed by atoms with Crippen LogP contribution in [0.5, 0.6) is 0 Å². The maximum atomic E-state index is 8.94. The van der Waals surface area contributed by atoms with E-state index in [4.69, 9.17) is 5.11 Å². The molecule has 1 N–H and O–H groups in total. The zero-order chi connectivity index (χ0) is 11.2. The maximum Gasteiger partial charge on any atom is 0.0681 e. The highest BCUT2D eigenvalue weighted by Crippen LogP contribution is 2.25. The molecule has 0 spiro atoms. The Labute approximate surface area is 97.8 Å². The topological polar surface area (TPSA) is 20.2 Å². The van der Waals surface area contributed by atoms with Gasteiger partial charge in [0, 0.05) is 0 Å². The van der Waals surface area contributed by atoms with Crippen molar-refractivity contribution in [2.45, 2.75) is 38.7 Å². The molecule has 0 aromatic heterocycles. The summed E-state index contributed by atoms with van der Waals surface area (Å²) < 4.78 is 0. The molecule has 0 heterocycles. The monoisotopic (exact) mass is 216 g/mol. The van der Waals surface area contributed by atoms with Crippen LogP contribution in [0, 0.1) is 5.92 Å². The largest absolute Gasteiger partial charge is 0.392 e. The van der Waals surface area contributed by atoms with Crippen LogP contribution in [-0.4, -0.2) is 5.11 Å². The molecule has 16 heavy (non-hydrogen) atoms. The first-order valence-corrected chi connectivity index (χ1v) is 6.26. The lowest BCUT2D eigenvalue weighted by Crippen LogP contribution is -2.02. The molecular formula is C15H20O. The van der Waals surface area contributed by atoms with Crippen molar-refractivity contribution in [1.29, 1.82) is 0 Å². The van der Waals surface area contributed by atoms with E-state index < -0.39 is 0 Å².